The normalized spacial score (nSPS) is 11.7. The summed E-state index contributed by atoms with van der Waals surface area (Å²) in [5.41, 5.74) is 0.848. The summed E-state index contributed by atoms with van der Waals surface area (Å²) in [6.45, 7) is 5.89. The van der Waals surface area contributed by atoms with E-state index in [1.54, 1.807) is 10.5 Å². The van der Waals surface area contributed by atoms with Gasteiger partial charge in [0.25, 0.3) is 0 Å². The second-order valence-corrected chi connectivity index (χ2v) is 5.17. The molecule has 2 rings (SSSR count). The number of aromatic carboxylic acids is 1. The lowest BCUT2D eigenvalue weighted by Gasteiger charge is -2.16. The molecule has 2 aromatic heterocycles. The Morgan fingerprint density at radius 2 is 2.06 bits per heavy atom. The van der Waals surface area contributed by atoms with E-state index < -0.39 is 5.97 Å². The quantitative estimate of drug-likeness (QED) is 0.824. The topological polar surface area (TPSA) is 71.7 Å². The third-order valence-electron chi connectivity index (χ3n) is 2.69. The van der Waals surface area contributed by atoms with Crippen molar-refractivity contribution in [1.82, 2.24) is 9.38 Å². The molecule has 0 aliphatic carbocycles. The van der Waals surface area contributed by atoms with Gasteiger partial charge >= 0.3 is 5.97 Å². The molecule has 2 heterocycles. The molecule has 0 atom stereocenters. The Morgan fingerprint density at radius 3 is 2.56 bits per heavy atom. The lowest BCUT2D eigenvalue weighted by molar-refractivity contribution is 0.0696. The maximum atomic E-state index is 11.0. The molecule has 0 aromatic carbocycles. The van der Waals surface area contributed by atoms with Crippen LogP contribution >= 0.6 is 0 Å². The lowest BCUT2D eigenvalue weighted by atomic mass is 9.96. The second kappa shape index (κ2) is 3.94. The van der Waals surface area contributed by atoms with E-state index in [2.05, 4.69) is 4.98 Å². The number of carboxylic acid groups (broad SMARTS) is 1. The van der Waals surface area contributed by atoms with Crippen LogP contribution < -0.4 is 0 Å². The standard InChI is InChI=1S/C13H14N2O3/c1-13(2,3)12-14-9(7-16)10-5-4-8(11(17)18)6-15(10)12/h4-7H,1-3H3,(H,17,18). The van der Waals surface area contributed by atoms with Crippen LogP contribution in [0.4, 0.5) is 0 Å². The highest BCUT2D eigenvalue weighted by Crippen LogP contribution is 2.24. The highest BCUT2D eigenvalue weighted by Gasteiger charge is 2.22. The zero-order valence-corrected chi connectivity index (χ0v) is 10.5. The summed E-state index contributed by atoms with van der Waals surface area (Å²) in [5.74, 6) is -0.333. The molecule has 5 heteroatoms. The number of pyridine rings is 1. The molecule has 1 N–H and O–H groups in total. The molecule has 0 unspecified atom stereocenters. The monoisotopic (exact) mass is 246 g/mol. The van der Waals surface area contributed by atoms with Crippen LogP contribution in [0.1, 0.15) is 47.4 Å². The van der Waals surface area contributed by atoms with Gasteiger partial charge in [0.2, 0.25) is 0 Å². The van der Waals surface area contributed by atoms with Gasteiger partial charge < -0.3 is 9.51 Å². The number of rotatable bonds is 2. The van der Waals surface area contributed by atoms with E-state index in [1.807, 2.05) is 20.8 Å². The zero-order valence-electron chi connectivity index (χ0n) is 10.5. The number of carbonyl (C=O) groups is 2. The highest BCUT2D eigenvalue weighted by atomic mass is 16.4. The Kier molecular flexibility index (Phi) is 2.69. The molecule has 0 radical (unpaired) electrons. The lowest BCUT2D eigenvalue weighted by Crippen LogP contribution is -2.16. The fourth-order valence-electron chi connectivity index (χ4n) is 1.85. The SMILES string of the molecule is CC(C)(C)c1nc(C=O)c2ccc(C(=O)O)cn12. The van der Waals surface area contributed by atoms with Crippen molar-refractivity contribution in [3.63, 3.8) is 0 Å². The van der Waals surface area contributed by atoms with Crippen molar-refractivity contribution in [2.75, 3.05) is 0 Å². The number of aldehydes is 1. The van der Waals surface area contributed by atoms with Gasteiger partial charge in [0.1, 0.15) is 11.5 Å². The number of imidazole rings is 1. The smallest absolute Gasteiger partial charge is 0.337 e. The van der Waals surface area contributed by atoms with Gasteiger partial charge in [-0.2, -0.15) is 0 Å². The summed E-state index contributed by atoms with van der Waals surface area (Å²) in [4.78, 5) is 26.2. The minimum atomic E-state index is -1.00. The Morgan fingerprint density at radius 1 is 1.39 bits per heavy atom. The molecule has 0 saturated carbocycles. The number of aromatic nitrogens is 2. The number of hydrogen-bond acceptors (Lipinski definition) is 3. The van der Waals surface area contributed by atoms with Crippen molar-refractivity contribution < 1.29 is 14.7 Å². The van der Waals surface area contributed by atoms with Gasteiger partial charge in [0, 0.05) is 11.6 Å². The highest BCUT2D eigenvalue weighted by molar-refractivity contribution is 5.89. The summed E-state index contributed by atoms with van der Waals surface area (Å²) in [6.07, 6.45) is 2.18. The Bertz CT molecular complexity index is 635. The molecule has 0 amide bonds. The van der Waals surface area contributed by atoms with Gasteiger partial charge in [0.15, 0.2) is 6.29 Å². The molecular weight excluding hydrogens is 232 g/mol. The first-order valence-corrected chi connectivity index (χ1v) is 5.55. The molecule has 5 nitrogen and oxygen atoms in total. The van der Waals surface area contributed by atoms with E-state index in [9.17, 15) is 9.59 Å². The summed E-state index contributed by atoms with van der Waals surface area (Å²) >= 11 is 0. The fraction of sp³-hybridized carbons (Fsp3) is 0.308. The maximum absolute atomic E-state index is 11.0. The summed E-state index contributed by atoms with van der Waals surface area (Å²) < 4.78 is 1.67. The average molecular weight is 246 g/mol. The van der Waals surface area contributed by atoms with Crippen LogP contribution in [0.3, 0.4) is 0 Å². The Labute approximate surface area is 104 Å². The second-order valence-electron chi connectivity index (χ2n) is 5.17. The van der Waals surface area contributed by atoms with Crippen LogP contribution in [-0.2, 0) is 5.41 Å². The summed E-state index contributed by atoms with van der Waals surface area (Å²) in [5, 5.41) is 9.00. The van der Waals surface area contributed by atoms with Crippen LogP contribution in [0, 0.1) is 0 Å². The fourth-order valence-corrected chi connectivity index (χ4v) is 1.85. The van der Waals surface area contributed by atoms with Crippen molar-refractivity contribution in [1.29, 1.82) is 0 Å². The minimum Gasteiger partial charge on any atom is -0.478 e. The molecule has 94 valence electrons. The van der Waals surface area contributed by atoms with E-state index in [1.165, 1.54) is 12.3 Å². The van der Waals surface area contributed by atoms with Crippen molar-refractivity contribution in [2.45, 2.75) is 26.2 Å². The number of carbonyl (C=O) groups excluding carboxylic acids is 1. The van der Waals surface area contributed by atoms with E-state index in [0.29, 0.717) is 23.3 Å². The van der Waals surface area contributed by atoms with Crippen LogP contribution in [0.25, 0.3) is 5.52 Å². The van der Waals surface area contributed by atoms with Crippen LogP contribution in [0.15, 0.2) is 18.3 Å². The van der Waals surface area contributed by atoms with Crippen LogP contribution in [-0.4, -0.2) is 26.7 Å². The van der Waals surface area contributed by atoms with E-state index >= 15 is 0 Å². The first-order chi connectivity index (χ1) is 8.34. The molecule has 0 spiro atoms. The zero-order chi connectivity index (χ0) is 13.5. The van der Waals surface area contributed by atoms with Crippen molar-refractivity contribution in [3.8, 4) is 0 Å². The molecule has 0 aliphatic rings. The minimum absolute atomic E-state index is 0.169. The summed E-state index contributed by atoms with van der Waals surface area (Å²) in [6, 6.07) is 3.08. The van der Waals surface area contributed by atoms with Gasteiger partial charge in [-0.3, -0.25) is 4.79 Å². The third-order valence-corrected chi connectivity index (χ3v) is 2.69. The first-order valence-electron chi connectivity index (χ1n) is 5.55. The molecule has 0 fully saturated rings. The molecule has 2 aromatic rings. The predicted octanol–water partition coefficient (Wildman–Crippen LogP) is 2.14. The van der Waals surface area contributed by atoms with Crippen LogP contribution in [0.2, 0.25) is 0 Å². The van der Waals surface area contributed by atoms with Gasteiger partial charge in [-0.05, 0) is 12.1 Å². The molecular formula is C13H14N2O3. The largest absolute Gasteiger partial charge is 0.478 e. The summed E-state index contributed by atoms with van der Waals surface area (Å²) in [7, 11) is 0. The van der Waals surface area contributed by atoms with Crippen molar-refractivity contribution in [2.24, 2.45) is 0 Å². The van der Waals surface area contributed by atoms with Gasteiger partial charge in [-0.15, -0.1) is 0 Å². The van der Waals surface area contributed by atoms with E-state index in [0.717, 1.165) is 0 Å². The maximum Gasteiger partial charge on any atom is 0.337 e. The molecule has 0 bridgehead atoms. The number of fused-ring (bicyclic) bond motifs is 1. The predicted molar refractivity (Wildman–Crippen MR) is 66.2 cm³/mol. The van der Waals surface area contributed by atoms with Gasteiger partial charge in [0.05, 0.1) is 11.1 Å². The van der Waals surface area contributed by atoms with E-state index in [-0.39, 0.29) is 11.0 Å². The van der Waals surface area contributed by atoms with Gasteiger partial charge in [-0.25, -0.2) is 9.78 Å². The van der Waals surface area contributed by atoms with E-state index in [4.69, 9.17) is 5.11 Å². The Hall–Kier alpha value is -2.17. The van der Waals surface area contributed by atoms with Crippen molar-refractivity contribution in [3.05, 3.63) is 35.4 Å². The average Bonchev–Trinajstić information content (AvgIpc) is 2.66. The molecule has 18 heavy (non-hydrogen) atoms. The van der Waals surface area contributed by atoms with Crippen LogP contribution in [0.5, 0.6) is 0 Å². The Balaban J connectivity index is 2.82. The number of hydrogen-bond donors (Lipinski definition) is 1. The first kappa shape index (κ1) is 12.3. The van der Waals surface area contributed by atoms with Gasteiger partial charge in [-0.1, -0.05) is 20.8 Å². The third kappa shape index (κ3) is 1.88. The molecule has 0 saturated heterocycles. The van der Waals surface area contributed by atoms with Crippen molar-refractivity contribution >= 4 is 17.8 Å². The number of nitrogens with zero attached hydrogens (tertiary/aromatic N) is 2. The number of carboxylic acids is 1. The molecule has 0 aliphatic heterocycles.